The molecule has 0 amide bonds. The van der Waals surface area contributed by atoms with Gasteiger partial charge in [-0.1, -0.05) is 37.1 Å². The van der Waals surface area contributed by atoms with E-state index in [2.05, 4.69) is 56.8 Å². The molecule has 3 aromatic rings. The van der Waals surface area contributed by atoms with Crippen LogP contribution in [0.25, 0.3) is 0 Å². The van der Waals surface area contributed by atoms with Crippen LogP contribution in [0.2, 0.25) is 0 Å². The predicted molar refractivity (Wildman–Crippen MR) is 115 cm³/mol. The van der Waals surface area contributed by atoms with Crippen LogP contribution in [0.4, 0.5) is 5.95 Å². The maximum Gasteiger partial charge on any atom is 0.197 e. The van der Waals surface area contributed by atoms with Crippen LogP contribution in [0.15, 0.2) is 12.4 Å². The minimum Gasteiger partial charge on any atom is -0.369 e. The Morgan fingerprint density at radius 3 is 2.07 bits per heavy atom. The van der Waals surface area contributed by atoms with Crippen LogP contribution in [-0.2, 0) is 38.8 Å². The largest absolute Gasteiger partial charge is 0.369 e. The first-order valence-corrected chi connectivity index (χ1v) is 11.3. The van der Waals surface area contributed by atoms with Gasteiger partial charge in [-0.25, -0.2) is 4.98 Å². The number of aromatic nitrogens is 8. The van der Waals surface area contributed by atoms with E-state index in [0.717, 1.165) is 74.4 Å². The molecule has 162 valence electrons. The average molecular weight is 412 g/mol. The molecule has 9 nitrogen and oxygen atoms in total. The van der Waals surface area contributed by atoms with Gasteiger partial charge in [0.2, 0.25) is 0 Å². The molecule has 0 unspecified atom stereocenters. The molecule has 2 atom stereocenters. The van der Waals surface area contributed by atoms with Crippen molar-refractivity contribution in [1.29, 1.82) is 0 Å². The van der Waals surface area contributed by atoms with E-state index in [4.69, 9.17) is 5.73 Å². The van der Waals surface area contributed by atoms with Crippen molar-refractivity contribution in [3.05, 3.63) is 35.2 Å². The molecule has 3 N–H and O–H groups in total. The highest BCUT2D eigenvalue weighted by molar-refractivity contribution is 5.28. The van der Waals surface area contributed by atoms with Crippen molar-refractivity contribution in [2.45, 2.75) is 78.3 Å². The van der Waals surface area contributed by atoms with Crippen LogP contribution in [0.1, 0.15) is 62.3 Å². The first-order chi connectivity index (χ1) is 14.6. The highest BCUT2D eigenvalue weighted by Crippen LogP contribution is 2.32. The van der Waals surface area contributed by atoms with E-state index in [9.17, 15) is 0 Å². The summed E-state index contributed by atoms with van der Waals surface area (Å²) in [6.45, 7) is 6.05. The number of aromatic amines is 1. The number of nitrogens with one attached hydrogen (secondary N) is 1. The molecular weight excluding hydrogens is 378 g/mol. The van der Waals surface area contributed by atoms with Crippen molar-refractivity contribution in [1.82, 2.24) is 40.0 Å². The maximum absolute atomic E-state index is 5.93. The van der Waals surface area contributed by atoms with E-state index in [1.807, 2.05) is 9.36 Å². The average Bonchev–Trinajstić information content (AvgIpc) is 3.45. The Bertz CT molecular complexity index is 864. The molecule has 0 saturated heterocycles. The van der Waals surface area contributed by atoms with Gasteiger partial charge in [-0.2, -0.15) is 0 Å². The van der Waals surface area contributed by atoms with Gasteiger partial charge in [-0.3, -0.25) is 9.36 Å². The standard InChI is InChI=1S/C21H33N9/c1-3-5-7-17-13-29(27-25-17)11-15-9-19-20(24-21(22)23-19)10-16(15)12-30-14-18(26-28-30)8-6-4-2/h13-16H,3-12H2,1-2H3,(H3,22,23,24)/t15-,16-/m0/s1. The molecular formula is C21H33N9. The summed E-state index contributed by atoms with van der Waals surface area (Å²) in [4.78, 5) is 7.75. The number of hydrogen-bond acceptors (Lipinski definition) is 6. The lowest BCUT2D eigenvalue weighted by molar-refractivity contribution is 0.224. The van der Waals surface area contributed by atoms with Crippen LogP contribution in [0.5, 0.6) is 0 Å². The Labute approximate surface area is 177 Å². The van der Waals surface area contributed by atoms with Gasteiger partial charge in [0.15, 0.2) is 5.95 Å². The summed E-state index contributed by atoms with van der Waals surface area (Å²) in [5.41, 5.74) is 10.3. The molecule has 0 aliphatic heterocycles. The Kier molecular flexibility index (Phi) is 6.44. The predicted octanol–water partition coefficient (Wildman–Crippen LogP) is 2.59. The molecule has 9 heteroatoms. The van der Waals surface area contributed by atoms with Crippen molar-refractivity contribution in [2.75, 3.05) is 5.73 Å². The summed E-state index contributed by atoms with van der Waals surface area (Å²) in [7, 11) is 0. The molecule has 4 rings (SSSR count). The monoisotopic (exact) mass is 411 g/mol. The van der Waals surface area contributed by atoms with Crippen molar-refractivity contribution >= 4 is 5.95 Å². The molecule has 0 aromatic carbocycles. The number of imidazole rings is 1. The zero-order valence-corrected chi connectivity index (χ0v) is 18.1. The first-order valence-electron chi connectivity index (χ1n) is 11.3. The second-order valence-corrected chi connectivity index (χ2v) is 8.55. The Balaban J connectivity index is 1.48. The summed E-state index contributed by atoms with van der Waals surface area (Å²) >= 11 is 0. The number of fused-ring (bicyclic) bond motifs is 1. The molecule has 1 aliphatic carbocycles. The fraction of sp³-hybridized carbons (Fsp3) is 0.667. The third kappa shape index (κ3) is 4.88. The second kappa shape index (κ2) is 9.40. The van der Waals surface area contributed by atoms with Crippen molar-refractivity contribution < 1.29 is 0 Å². The van der Waals surface area contributed by atoms with Crippen molar-refractivity contribution in [3.8, 4) is 0 Å². The van der Waals surface area contributed by atoms with Gasteiger partial charge in [-0.15, -0.1) is 10.2 Å². The minimum atomic E-state index is 0.393. The van der Waals surface area contributed by atoms with Crippen LogP contribution >= 0.6 is 0 Å². The first kappa shape index (κ1) is 20.6. The number of nitrogen functional groups attached to an aromatic ring is 1. The van der Waals surface area contributed by atoms with Gasteiger partial charge in [0.05, 0.1) is 17.1 Å². The normalized spacial score (nSPS) is 18.6. The van der Waals surface area contributed by atoms with Gasteiger partial charge in [-0.05, 0) is 50.4 Å². The summed E-state index contributed by atoms with van der Waals surface area (Å²) in [6.07, 6.45) is 12.6. The third-order valence-electron chi connectivity index (χ3n) is 6.06. The maximum atomic E-state index is 5.93. The topological polar surface area (TPSA) is 116 Å². The molecule has 1 aliphatic rings. The summed E-state index contributed by atoms with van der Waals surface area (Å²) < 4.78 is 4.00. The molecule has 0 spiro atoms. The quantitative estimate of drug-likeness (QED) is 0.530. The fourth-order valence-electron chi connectivity index (χ4n) is 4.36. The smallest absolute Gasteiger partial charge is 0.197 e. The zero-order chi connectivity index (χ0) is 20.9. The van der Waals surface area contributed by atoms with Gasteiger partial charge >= 0.3 is 0 Å². The zero-order valence-electron chi connectivity index (χ0n) is 18.1. The van der Waals surface area contributed by atoms with E-state index >= 15 is 0 Å². The molecule has 0 radical (unpaired) electrons. The number of rotatable bonds is 10. The summed E-state index contributed by atoms with van der Waals surface area (Å²) in [5.74, 6) is 1.30. The number of unbranched alkanes of at least 4 members (excludes halogenated alkanes) is 2. The van der Waals surface area contributed by atoms with Crippen molar-refractivity contribution in [2.24, 2.45) is 11.8 Å². The third-order valence-corrected chi connectivity index (χ3v) is 6.06. The lowest BCUT2D eigenvalue weighted by atomic mass is 9.79. The number of nitrogens with two attached hydrogens (primary N) is 1. The van der Waals surface area contributed by atoms with Crippen LogP contribution in [0.3, 0.4) is 0 Å². The fourth-order valence-corrected chi connectivity index (χ4v) is 4.36. The SMILES string of the molecule is CCCCc1cn(C[C@@H]2Cc3nc(N)[nH]c3C[C@H]2Cn2cc(CCCC)nn2)nn1. The van der Waals surface area contributed by atoms with Gasteiger partial charge in [0, 0.05) is 31.2 Å². The molecule has 3 aromatic heterocycles. The van der Waals surface area contributed by atoms with Crippen LogP contribution in [0, 0.1) is 11.8 Å². The minimum absolute atomic E-state index is 0.393. The van der Waals surface area contributed by atoms with Gasteiger partial charge in [0.1, 0.15) is 0 Å². The number of anilines is 1. The van der Waals surface area contributed by atoms with Gasteiger partial charge < -0.3 is 10.7 Å². The van der Waals surface area contributed by atoms with E-state index in [1.165, 1.54) is 12.8 Å². The Morgan fingerprint density at radius 1 is 0.933 bits per heavy atom. The molecule has 0 fully saturated rings. The van der Waals surface area contributed by atoms with E-state index in [-0.39, 0.29) is 0 Å². The lowest BCUT2D eigenvalue weighted by Crippen LogP contribution is -2.32. The molecule has 0 bridgehead atoms. The molecule has 3 heterocycles. The number of aryl methyl sites for hydroxylation is 2. The molecule has 30 heavy (non-hydrogen) atoms. The van der Waals surface area contributed by atoms with E-state index in [0.29, 0.717) is 17.8 Å². The van der Waals surface area contributed by atoms with E-state index < -0.39 is 0 Å². The number of H-pyrrole nitrogens is 1. The highest BCUT2D eigenvalue weighted by Gasteiger charge is 2.32. The highest BCUT2D eigenvalue weighted by atomic mass is 15.4. The number of nitrogens with zero attached hydrogens (tertiary/aromatic N) is 7. The van der Waals surface area contributed by atoms with E-state index in [1.54, 1.807) is 0 Å². The lowest BCUT2D eigenvalue weighted by Gasteiger charge is -2.30. The van der Waals surface area contributed by atoms with Gasteiger partial charge in [0.25, 0.3) is 0 Å². The summed E-state index contributed by atoms with van der Waals surface area (Å²) in [6, 6.07) is 0. The Morgan fingerprint density at radius 2 is 1.50 bits per heavy atom. The van der Waals surface area contributed by atoms with Crippen molar-refractivity contribution in [3.63, 3.8) is 0 Å². The summed E-state index contributed by atoms with van der Waals surface area (Å²) in [5, 5.41) is 17.5. The number of hydrogen-bond donors (Lipinski definition) is 2. The molecule has 0 saturated carbocycles. The second-order valence-electron chi connectivity index (χ2n) is 8.55. The van der Waals surface area contributed by atoms with Crippen LogP contribution in [-0.4, -0.2) is 40.0 Å². The van der Waals surface area contributed by atoms with Crippen LogP contribution < -0.4 is 5.73 Å². The Hall–Kier alpha value is -2.71.